The highest BCUT2D eigenvalue weighted by molar-refractivity contribution is 9.10. The number of halogens is 2. The first-order valence-electron chi connectivity index (χ1n) is 4.74. The van der Waals surface area contributed by atoms with Crippen molar-refractivity contribution in [2.24, 2.45) is 0 Å². The van der Waals surface area contributed by atoms with E-state index in [0.717, 1.165) is 0 Å². The van der Waals surface area contributed by atoms with Crippen LogP contribution in [-0.4, -0.2) is 35.9 Å². The lowest BCUT2D eigenvalue weighted by Gasteiger charge is -2.23. The first-order chi connectivity index (χ1) is 7.65. The van der Waals surface area contributed by atoms with Crippen LogP contribution in [0.1, 0.15) is 13.8 Å². The number of anilines is 1. The molecule has 1 rings (SSSR count). The van der Waals surface area contributed by atoms with Gasteiger partial charge in [-0.2, -0.15) is 0 Å². The van der Waals surface area contributed by atoms with E-state index in [9.17, 15) is 8.42 Å². The lowest BCUT2D eigenvalue weighted by Crippen LogP contribution is -2.38. The number of hydrogen-bond acceptors (Lipinski definition) is 5. The molecule has 0 aromatic carbocycles. The maximum atomic E-state index is 11.5. The third kappa shape index (κ3) is 3.53. The van der Waals surface area contributed by atoms with Crippen LogP contribution in [0.5, 0.6) is 0 Å². The van der Waals surface area contributed by atoms with Crippen LogP contribution in [0.15, 0.2) is 10.8 Å². The fourth-order valence-electron chi connectivity index (χ4n) is 0.899. The van der Waals surface area contributed by atoms with E-state index in [-0.39, 0.29) is 11.7 Å². The van der Waals surface area contributed by atoms with Crippen LogP contribution >= 0.6 is 27.5 Å². The lowest BCUT2D eigenvalue weighted by molar-refractivity contribution is 0.559. The standard InChI is InChI=1S/C9H13BrClN3O2S/c1-9(2,17(3,15)16)4-12-8-6(10)7(11)13-5-14-8/h5H,4H2,1-3H3,(H,12,13,14). The molecule has 0 aliphatic rings. The van der Waals surface area contributed by atoms with Crippen molar-refractivity contribution in [3.63, 3.8) is 0 Å². The smallest absolute Gasteiger partial charge is 0.154 e. The fraction of sp³-hybridized carbons (Fsp3) is 0.556. The van der Waals surface area contributed by atoms with Gasteiger partial charge in [-0.1, -0.05) is 11.6 Å². The van der Waals surface area contributed by atoms with Gasteiger partial charge < -0.3 is 5.32 Å². The molecular formula is C9H13BrClN3O2S. The lowest BCUT2D eigenvalue weighted by atomic mass is 10.2. The Labute approximate surface area is 114 Å². The van der Waals surface area contributed by atoms with Crippen molar-refractivity contribution < 1.29 is 8.42 Å². The summed E-state index contributed by atoms with van der Waals surface area (Å²) < 4.78 is 22.7. The molecule has 0 unspecified atom stereocenters. The maximum Gasteiger partial charge on any atom is 0.154 e. The van der Waals surface area contributed by atoms with Gasteiger partial charge in [0.05, 0.1) is 9.22 Å². The summed E-state index contributed by atoms with van der Waals surface area (Å²) in [6.07, 6.45) is 2.51. The van der Waals surface area contributed by atoms with Crippen molar-refractivity contribution >= 4 is 43.2 Å². The van der Waals surface area contributed by atoms with Crippen LogP contribution in [0.2, 0.25) is 5.15 Å². The minimum Gasteiger partial charge on any atom is -0.367 e. The Balaban J connectivity index is 2.85. The van der Waals surface area contributed by atoms with Crippen LogP contribution in [0, 0.1) is 0 Å². The number of nitrogens with one attached hydrogen (secondary N) is 1. The third-order valence-corrected chi connectivity index (χ3v) is 5.85. The molecule has 0 aliphatic heterocycles. The summed E-state index contributed by atoms with van der Waals surface area (Å²) in [6.45, 7) is 3.52. The number of rotatable bonds is 4. The molecule has 0 atom stereocenters. The largest absolute Gasteiger partial charge is 0.367 e. The zero-order valence-corrected chi connectivity index (χ0v) is 12.8. The normalized spacial score (nSPS) is 12.5. The summed E-state index contributed by atoms with van der Waals surface area (Å²) in [4.78, 5) is 7.76. The summed E-state index contributed by atoms with van der Waals surface area (Å²) in [6, 6.07) is 0. The third-order valence-electron chi connectivity index (χ3n) is 2.43. The van der Waals surface area contributed by atoms with E-state index in [1.54, 1.807) is 13.8 Å². The second-order valence-electron chi connectivity index (χ2n) is 4.21. The molecule has 0 bridgehead atoms. The average Bonchev–Trinajstić information content (AvgIpc) is 2.18. The Morgan fingerprint density at radius 1 is 1.47 bits per heavy atom. The Kier molecular flexibility index (Phi) is 4.38. The molecule has 17 heavy (non-hydrogen) atoms. The van der Waals surface area contributed by atoms with Crippen LogP contribution in [0.25, 0.3) is 0 Å². The van der Waals surface area contributed by atoms with Crippen molar-refractivity contribution in [2.45, 2.75) is 18.6 Å². The van der Waals surface area contributed by atoms with Gasteiger partial charge in [-0.3, -0.25) is 0 Å². The highest BCUT2D eigenvalue weighted by Crippen LogP contribution is 2.27. The Morgan fingerprint density at radius 2 is 2.06 bits per heavy atom. The second kappa shape index (κ2) is 5.07. The van der Waals surface area contributed by atoms with E-state index in [4.69, 9.17) is 11.6 Å². The van der Waals surface area contributed by atoms with Crippen LogP contribution in [0.3, 0.4) is 0 Å². The van der Waals surface area contributed by atoms with E-state index < -0.39 is 14.6 Å². The molecule has 0 radical (unpaired) electrons. The maximum absolute atomic E-state index is 11.5. The molecule has 5 nitrogen and oxygen atoms in total. The highest BCUT2D eigenvalue weighted by Gasteiger charge is 2.30. The van der Waals surface area contributed by atoms with E-state index in [0.29, 0.717) is 10.3 Å². The van der Waals surface area contributed by atoms with E-state index in [1.165, 1.54) is 12.6 Å². The molecule has 0 spiro atoms. The molecule has 0 amide bonds. The van der Waals surface area contributed by atoms with Crippen molar-refractivity contribution in [1.82, 2.24) is 9.97 Å². The van der Waals surface area contributed by atoms with Gasteiger partial charge >= 0.3 is 0 Å². The Hall–Kier alpha value is -0.400. The first kappa shape index (κ1) is 14.7. The number of nitrogens with zero attached hydrogens (tertiary/aromatic N) is 2. The van der Waals surface area contributed by atoms with E-state index >= 15 is 0 Å². The molecule has 0 aliphatic carbocycles. The summed E-state index contributed by atoms with van der Waals surface area (Å²) in [5.41, 5.74) is 0. The van der Waals surface area contributed by atoms with E-state index in [1.807, 2.05) is 0 Å². The van der Waals surface area contributed by atoms with Gasteiger partial charge in [0.15, 0.2) is 9.84 Å². The van der Waals surface area contributed by atoms with Crippen molar-refractivity contribution in [1.29, 1.82) is 0 Å². The monoisotopic (exact) mass is 341 g/mol. The van der Waals surface area contributed by atoms with Gasteiger partial charge in [0.2, 0.25) is 0 Å². The molecule has 96 valence electrons. The first-order valence-corrected chi connectivity index (χ1v) is 7.81. The summed E-state index contributed by atoms with van der Waals surface area (Å²) in [5, 5.41) is 3.22. The van der Waals surface area contributed by atoms with Gasteiger partial charge in [0.25, 0.3) is 0 Å². The van der Waals surface area contributed by atoms with Gasteiger partial charge in [-0.25, -0.2) is 18.4 Å². The van der Waals surface area contributed by atoms with Crippen molar-refractivity contribution in [3.05, 3.63) is 16.0 Å². The van der Waals surface area contributed by atoms with Crippen molar-refractivity contribution in [3.8, 4) is 0 Å². The Bertz CT molecular complexity index is 519. The van der Waals surface area contributed by atoms with Crippen LogP contribution < -0.4 is 5.32 Å². The second-order valence-corrected chi connectivity index (χ2v) is 8.01. The average molecular weight is 343 g/mol. The van der Waals surface area contributed by atoms with Crippen molar-refractivity contribution in [2.75, 3.05) is 18.1 Å². The number of aromatic nitrogens is 2. The van der Waals surface area contributed by atoms with Gasteiger partial charge in [0.1, 0.15) is 17.3 Å². The molecule has 1 N–H and O–H groups in total. The quantitative estimate of drug-likeness (QED) is 0.849. The number of hydrogen-bond donors (Lipinski definition) is 1. The Morgan fingerprint density at radius 3 is 2.59 bits per heavy atom. The molecule has 1 heterocycles. The summed E-state index contributed by atoms with van der Waals surface area (Å²) in [5.74, 6) is 0.474. The van der Waals surface area contributed by atoms with Gasteiger partial charge in [-0.15, -0.1) is 0 Å². The topological polar surface area (TPSA) is 72.0 Å². The predicted octanol–water partition coefficient (Wildman–Crippen LogP) is 2.13. The minimum absolute atomic E-state index is 0.234. The van der Waals surface area contributed by atoms with Crippen LogP contribution in [0.4, 0.5) is 5.82 Å². The molecule has 1 aromatic heterocycles. The molecule has 0 saturated carbocycles. The zero-order valence-electron chi connectivity index (χ0n) is 9.66. The highest BCUT2D eigenvalue weighted by atomic mass is 79.9. The van der Waals surface area contributed by atoms with Gasteiger partial charge in [-0.05, 0) is 29.8 Å². The summed E-state index contributed by atoms with van der Waals surface area (Å²) in [7, 11) is -3.15. The molecule has 8 heteroatoms. The molecule has 1 aromatic rings. The molecule has 0 saturated heterocycles. The molecule has 0 fully saturated rings. The summed E-state index contributed by atoms with van der Waals surface area (Å²) >= 11 is 9.03. The zero-order chi connectivity index (χ0) is 13.3. The predicted molar refractivity (Wildman–Crippen MR) is 72.2 cm³/mol. The number of sulfone groups is 1. The van der Waals surface area contributed by atoms with Gasteiger partial charge in [0, 0.05) is 12.8 Å². The molecular weight excluding hydrogens is 330 g/mol. The fourth-order valence-corrected chi connectivity index (χ4v) is 1.71. The minimum atomic E-state index is -3.15. The SMILES string of the molecule is CC(C)(CNc1ncnc(Cl)c1Br)S(C)(=O)=O. The van der Waals surface area contributed by atoms with E-state index in [2.05, 4.69) is 31.2 Å². The van der Waals surface area contributed by atoms with Crippen LogP contribution in [-0.2, 0) is 9.84 Å².